The molecule has 3 N–H and O–H groups in total. The highest BCUT2D eigenvalue weighted by Gasteiger charge is 2.31. The fourth-order valence-corrected chi connectivity index (χ4v) is 2.19. The van der Waals surface area contributed by atoms with E-state index >= 15 is 0 Å². The highest BCUT2D eigenvalue weighted by atomic mass is 15.2. The van der Waals surface area contributed by atoms with Gasteiger partial charge in [0, 0.05) is 11.6 Å². The molecule has 0 bridgehead atoms. The Hall–Kier alpha value is -1.45. The van der Waals surface area contributed by atoms with Gasteiger partial charge in [-0.1, -0.05) is 18.2 Å². The van der Waals surface area contributed by atoms with Crippen molar-refractivity contribution in [3.8, 4) is 0 Å². The molecule has 1 heterocycles. The first kappa shape index (κ1) is 9.75. The fraction of sp³-hybridized carbons (Fsp3) is 0.308. The maximum absolute atomic E-state index is 5.61. The summed E-state index contributed by atoms with van der Waals surface area (Å²) in [7, 11) is 0. The van der Waals surface area contributed by atoms with Gasteiger partial charge in [0.25, 0.3) is 0 Å². The molecule has 0 amide bonds. The summed E-state index contributed by atoms with van der Waals surface area (Å²) in [6.45, 7) is 0. The monoisotopic (exact) mass is 213 g/mol. The van der Waals surface area contributed by atoms with Crippen molar-refractivity contribution < 1.29 is 0 Å². The van der Waals surface area contributed by atoms with E-state index in [0.717, 1.165) is 5.52 Å². The summed E-state index contributed by atoms with van der Waals surface area (Å²) in [5, 5.41) is 1.18. The van der Waals surface area contributed by atoms with E-state index < -0.39 is 0 Å². The SMILES string of the molecule is NNC(c1cnc2ccccc2c1)C1CC1. The predicted molar refractivity (Wildman–Crippen MR) is 64.5 cm³/mol. The number of hydrogen-bond donors (Lipinski definition) is 2. The highest BCUT2D eigenvalue weighted by Crippen LogP contribution is 2.40. The maximum Gasteiger partial charge on any atom is 0.0702 e. The first-order valence-electron chi connectivity index (χ1n) is 5.69. The van der Waals surface area contributed by atoms with Gasteiger partial charge in [0.15, 0.2) is 0 Å². The number of hydrazine groups is 1. The molecule has 1 saturated carbocycles. The van der Waals surface area contributed by atoms with E-state index in [0.29, 0.717) is 5.92 Å². The largest absolute Gasteiger partial charge is 0.271 e. The number of hydrogen-bond acceptors (Lipinski definition) is 3. The molecule has 1 aromatic heterocycles. The quantitative estimate of drug-likeness (QED) is 0.606. The van der Waals surface area contributed by atoms with Crippen molar-refractivity contribution >= 4 is 10.9 Å². The third-order valence-electron chi connectivity index (χ3n) is 3.24. The van der Waals surface area contributed by atoms with Crippen LogP contribution in [-0.4, -0.2) is 4.98 Å². The van der Waals surface area contributed by atoms with Crippen LogP contribution >= 0.6 is 0 Å². The van der Waals surface area contributed by atoms with E-state index in [9.17, 15) is 0 Å². The third-order valence-corrected chi connectivity index (χ3v) is 3.24. The second-order valence-electron chi connectivity index (χ2n) is 4.44. The minimum Gasteiger partial charge on any atom is -0.271 e. The lowest BCUT2D eigenvalue weighted by atomic mass is 10.0. The van der Waals surface area contributed by atoms with Crippen LogP contribution in [0.15, 0.2) is 36.5 Å². The van der Waals surface area contributed by atoms with Gasteiger partial charge >= 0.3 is 0 Å². The van der Waals surface area contributed by atoms with E-state index in [-0.39, 0.29) is 6.04 Å². The van der Waals surface area contributed by atoms with Crippen molar-refractivity contribution in [3.05, 3.63) is 42.1 Å². The van der Waals surface area contributed by atoms with Crippen LogP contribution in [0.5, 0.6) is 0 Å². The predicted octanol–water partition coefficient (Wildman–Crippen LogP) is 2.15. The molecule has 1 atom stereocenters. The Labute approximate surface area is 94.6 Å². The third kappa shape index (κ3) is 1.68. The highest BCUT2D eigenvalue weighted by molar-refractivity contribution is 5.78. The molecular weight excluding hydrogens is 198 g/mol. The summed E-state index contributed by atoms with van der Waals surface area (Å²) < 4.78 is 0. The first-order valence-corrected chi connectivity index (χ1v) is 5.69. The molecule has 82 valence electrons. The summed E-state index contributed by atoms with van der Waals surface area (Å²) in [6.07, 6.45) is 4.47. The normalized spacial score (nSPS) is 17.6. The molecular formula is C13H15N3. The Balaban J connectivity index is 2.03. The van der Waals surface area contributed by atoms with Crippen molar-refractivity contribution in [2.75, 3.05) is 0 Å². The van der Waals surface area contributed by atoms with Gasteiger partial charge in [-0.05, 0) is 36.5 Å². The van der Waals surface area contributed by atoms with Crippen LogP contribution in [0.25, 0.3) is 10.9 Å². The molecule has 3 heteroatoms. The Bertz CT molecular complexity index is 505. The van der Waals surface area contributed by atoms with Crippen LogP contribution in [-0.2, 0) is 0 Å². The summed E-state index contributed by atoms with van der Waals surface area (Å²) in [6, 6.07) is 10.6. The molecule has 0 spiro atoms. The fourth-order valence-electron chi connectivity index (χ4n) is 2.19. The van der Waals surface area contributed by atoms with Crippen molar-refractivity contribution in [2.24, 2.45) is 11.8 Å². The molecule has 1 unspecified atom stereocenters. The van der Waals surface area contributed by atoms with E-state index in [1.807, 2.05) is 24.4 Å². The van der Waals surface area contributed by atoms with E-state index in [1.165, 1.54) is 23.8 Å². The topological polar surface area (TPSA) is 50.9 Å². The number of nitrogens with two attached hydrogens (primary N) is 1. The Morgan fingerprint density at radius 2 is 2.12 bits per heavy atom. The van der Waals surface area contributed by atoms with Gasteiger partial charge in [-0.25, -0.2) is 0 Å². The number of aromatic nitrogens is 1. The zero-order valence-electron chi connectivity index (χ0n) is 9.06. The van der Waals surface area contributed by atoms with Crippen molar-refractivity contribution in [3.63, 3.8) is 0 Å². The first-order chi connectivity index (χ1) is 7.88. The molecule has 3 rings (SSSR count). The van der Waals surface area contributed by atoms with E-state index in [4.69, 9.17) is 5.84 Å². The smallest absolute Gasteiger partial charge is 0.0702 e. The van der Waals surface area contributed by atoms with E-state index in [1.54, 1.807) is 0 Å². The Morgan fingerprint density at radius 3 is 2.88 bits per heavy atom. The molecule has 1 aliphatic rings. The zero-order valence-corrected chi connectivity index (χ0v) is 9.06. The molecule has 0 radical (unpaired) electrons. The van der Waals surface area contributed by atoms with Gasteiger partial charge in [-0.3, -0.25) is 16.3 Å². The van der Waals surface area contributed by atoms with Crippen LogP contribution in [0.2, 0.25) is 0 Å². The number of para-hydroxylation sites is 1. The van der Waals surface area contributed by atoms with Crippen LogP contribution < -0.4 is 11.3 Å². The molecule has 1 fully saturated rings. The lowest BCUT2D eigenvalue weighted by molar-refractivity contribution is 0.496. The lowest BCUT2D eigenvalue weighted by Gasteiger charge is -2.15. The second kappa shape index (κ2) is 3.85. The van der Waals surface area contributed by atoms with Crippen LogP contribution in [0, 0.1) is 5.92 Å². The van der Waals surface area contributed by atoms with Crippen molar-refractivity contribution in [1.82, 2.24) is 10.4 Å². The Morgan fingerprint density at radius 1 is 1.31 bits per heavy atom. The minimum absolute atomic E-state index is 0.261. The summed E-state index contributed by atoms with van der Waals surface area (Å²) in [4.78, 5) is 4.46. The Kier molecular flexibility index (Phi) is 2.35. The summed E-state index contributed by atoms with van der Waals surface area (Å²) in [5.74, 6) is 6.30. The van der Waals surface area contributed by atoms with Crippen LogP contribution in [0.4, 0.5) is 0 Å². The summed E-state index contributed by atoms with van der Waals surface area (Å²) >= 11 is 0. The molecule has 3 nitrogen and oxygen atoms in total. The van der Waals surface area contributed by atoms with E-state index in [2.05, 4.69) is 22.5 Å². The zero-order chi connectivity index (χ0) is 11.0. The molecule has 1 aromatic carbocycles. The van der Waals surface area contributed by atoms with Gasteiger partial charge in [0.1, 0.15) is 0 Å². The number of fused-ring (bicyclic) bond motifs is 1. The van der Waals surface area contributed by atoms with Gasteiger partial charge in [-0.2, -0.15) is 0 Å². The number of pyridine rings is 1. The molecule has 16 heavy (non-hydrogen) atoms. The average Bonchev–Trinajstić information content (AvgIpc) is 3.14. The summed E-state index contributed by atoms with van der Waals surface area (Å²) in [5.41, 5.74) is 5.14. The number of nitrogens with zero attached hydrogens (tertiary/aromatic N) is 1. The van der Waals surface area contributed by atoms with Crippen LogP contribution in [0.1, 0.15) is 24.4 Å². The maximum atomic E-state index is 5.61. The van der Waals surface area contributed by atoms with Gasteiger partial charge < -0.3 is 0 Å². The standard InChI is InChI=1S/C13H15N3/c14-16-13(9-5-6-9)11-7-10-3-1-2-4-12(10)15-8-11/h1-4,7-9,13,16H,5-6,14H2. The molecule has 1 aliphatic carbocycles. The lowest BCUT2D eigenvalue weighted by Crippen LogP contribution is -2.29. The van der Waals surface area contributed by atoms with Gasteiger partial charge in [0.05, 0.1) is 11.6 Å². The second-order valence-corrected chi connectivity index (χ2v) is 4.44. The van der Waals surface area contributed by atoms with Gasteiger partial charge in [0.2, 0.25) is 0 Å². The molecule has 0 saturated heterocycles. The number of nitrogens with one attached hydrogen (secondary N) is 1. The number of benzene rings is 1. The van der Waals surface area contributed by atoms with Crippen LogP contribution in [0.3, 0.4) is 0 Å². The number of rotatable bonds is 3. The van der Waals surface area contributed by atoms with Gasteiger partial charge in [-0.15, -0.1) is 0 Å². The minimum atomic E-state index is 0.261. The van der Waals surface area contributed by atoms with Crippen molar-refractivity contribution in [1.29, 1.82) is 0 Å². The molecule has 0 aliphatic heterocycles. The van der Waals surface area contributed by atoms with Crippen molar-refractivity contribution in [2.45, 2.75) is 18.9 Å². The average molecular weight is 213 g/mol. The molecule has 2 aromatic rings.